The van der Waals surface area contributed by atoms with Crippen LogP contribution < -0.4 is 5.32 Å². The molecular formula is C15H21N3O. The average molecular weight is 259 g/mol. The third kappa shape index (κ3) is 2.78. The van der Waals surface area contributed by atoms with Crippen LogP contribution in [0.1, 0.15) is 31.9 Å². The summed E-state index contributed by atoms with van der Waals surface area (Å²) in [5, 5.41) is 8.58. The molecule has 0 saturated heterocycles. The fourth-order valence-corrected chi connectivity index (χ4v) is 2.02. The summed E-state index contributed by atoms with van der Waals surface area (Å²) in [5.41, 5.74) is 2.85. The van der Waals surface area contributed by atoms with Gasteiger partial charge in [0, 0.05) is 36.2 Å². The van der Waals surface area contributed by atoms with Gasteiger partial charge in [0.2, 0.25) is 5.91 Å². The van der Waals surface area contributed by atoms with Gasteiger partial charge in [-0.3, -0.25) is 9.48 Å². The summed E-state index contributed by atoms with van der Waals surface area (Å²) in [6.45, 7) is 8.31. The van der Waals surface area contributed by atoms with Crippen molar-refractivity contribution in [2.45, 2.75) is 34.2 Å². The minimum absolute atomic E-state index is 0.0554. The quantitative estimate of drug-likeness (QED) is 0.901. The largest absolute Gasteiger partial charge is 0.351 e. The molecule has 1 aromatic carbocycles. The highest BCUT2D eigenvalue weighted by Gasteiger charge is 2.21. The molecule has 0 fully saturated rings. The fraction of sp³-hybridized carbons (Fsp3) is 0.467. The molecule has 4 heteroatoms. The molecule has 0 radical (unpaired) electrons. The molecule has 0 aliphatic heterocycles. The molecule has 2 rings (SSSR count). The standard InChI is InChI=1S/C15H21N3O/c1-10-6-7-11-9-18(5)17-13(11)12(10)8-16-14(19)15(2,3)4/h6-7,9H,8H2,1-5H3,(H,16,19). The number of hydrogen-bond donors (Lipinski definition) is 1. The summed E-state index contributed by atoms with van der Waals surface area (Å²) in [5.74, 6) is 0.0554. The first-order valence-corrected chi connectivity index (χ1v) is 6.49. The van der Waals surface area contributed by atoms with Gasteiger partial charge in [0.25, 0.3) is 0 Å². The van der Waals surface area contributed by atoms with Crippen molar-refractivity contribution < 1.29 is 4.79 Å². The number of amides is 1. The van der Waals surface area contributed by atoms with Crippen molar-refractivity contribution in [3.8, 4) is 0 Å². The first kappa shape index (κ1) is 13.6. The third-order valence-corrected chi connectivity index (χ3v) is 3.24. The van der Waals surface area contributed by atoms with Crippen LogP contribution >= 0.6 is 0 Å². The SMILES string of the molecule is Cc1ccc2cn(C)nc2c1CNC(=O)C(C)(C)C. The van der Waals surface area contributed by atoms with Crippen LogP contribution in [0.25, 0.3) is 10.9 Å². The molecule has 102 valence electrons. The van der Waals surface area contributed by atoms with Crippen molar-refractivity contribution in [1.29, 1.82) is 0 Å². The van der Waals surface area contributed by atoms with E-state index in [0.29, 0.717) is 6.54 Å². The third-order valence-electron chi connectivity index (χ3n) is 3.24. The Morgan fingerprint density at radius 3 is 2.68 bits per heavy atom. The van der Waals surface area contributed by atoms with Gasteiger partial charge in [-0.25, -0.2) is 0 Å². The summed E-state index contributed by atoms with van der Waals surface area (Å²) in [6.07, 6.45) is 1.99. The maximum absolute atomic E-state index is 12.0. The molecule has 1 aromatic heterocycles. The van der Waals surface area contributed by atoms with Crippen molar-refractivity contribution >= 4 is 16.8 Å². The maximum atomic E-state index is 12.0. The van der Waals surface area contributed by atoms with Crippen molar-refractivity contribution in [3.63, 3.8) is 0 Å². The van der Waals surface area contributed by atoms with E-state index >= 15 is 0 Å². The summed E-state index contributed by atoms with van der Waals surface area (Å²) in [7, 11) is 1.91. The van der Waals surface area contributed by atoms with E-state index in [4.69, 9.17) is 0 Å². The summed E-state index contributed by atoms with van der Waals surface area (Å²) in [6, 6.07) is 4.13. The van der Waals surface area contributed by atoms with Crippen LogP contribution in [0.5, 0.6) is 0 Å². The Bertz CT molecular complexity index is 620. The Morgan fingerprint density at radius 2 is 2.05 bits per heavy atom. The van der Waals surface area contributed by atoms with Gasteiger partial charge >= 0.3 is 0 Å². The highest BCUT2D eigenvalue weighted by molar-refractivity contribution is 5.84. The van der Waals surface area contributed by atoms with E-state index < -0.39 is 0 Å². The summed E-state index contributed by atoms with van der Waals surface area (Å²) in [4.78, 5) is 12.0. The van der Waals surface area contributed by atoms with Crippen LogP contribution in [-0.2, 0) is 18.4 Å². The first-order chi connectivity index (χ1) is 8.79. The Kier molecular flexibility index (Phi) is 3.35. The van der Waals surface area contributed by atoms with Gasteiger partial charge in [-0.1, -0.05) is 32.9 Å². The van der Waals surface area contributed by atoms with Crippen molar-refractivity contribution in [1.82, 2.24) is 15.1 Å². The Morgan fingerprint density at radius 1 is 1.37 bits per heavy atom. The molecule has 0 aliphatic rings. The van der Waals surface area contributed by atoms with Crippen LogP contribution in [0.3, 0.4) is 0 Å². The van der Waals surface area contributed by atoms with E-state index in [9.17, 15) is 4.79 Å². The number of rotatable bonds is 2. The summed E-state index contributed by atoms with van der Waals surface area (Å²) < 4.78 is 1.80. The van der Waals surface area contributed by atoms with Gasteiger partial charge in [0.15, 0.2) is 0 Å². The number of fused-ring (bicyclic) bond motifs is 1. The Labute approximate surface area is 113 Å². The van der Waals surface area contributed by atoms with Crippen molar-refractivity contribution in [2.75, 3.05) is 0 Å². The van der Waals surface area contributed by atoms with E-state index in [1.807, 2.05) is 40.9 Å². The maximum Gasteiger partial charge on any atom is 0.225 e. The second kappa shape index (κ2) is 4.68. The second-order valence-electron chi connectivity index (χ2n) is 6.03. The number of hydrogen-bond acceptors (Lipinski definition) is 2. The average Bonchev–Trinajstić information content (AvgIpc) is 2.67. The van der Waals surface area contributed by atoms with Crippen LogP contribution in [0, 0.1) is 12.3 Å². The number of aryl methyl sites for hydroxylation is 2. The topological polar surface area (TPSA) is 46.9 Å². The molecule has 1 N–H and O–H groups in total. The normalized spacial score (nSPS) is 11.8. The van der Waals surface area contributed by atoms with Crippen LogP contribution in [-0.4, -0.2) is 15.7 Å². The lowest BCUT2D eigenvalue weighted by Gasteiger charge is -2.18. The summed E-state index contributed by atoms with van der Waals surface area (Å²) >= 11 is 0. The van der Waals surface area contributed by atoms with Crippen molar-refractivity contribution in [2.24, 2.45) is 12.5 Å². The lowest BCUT2D eigenvalue weighted by Crippen LogP contribution is -2.34. The molecule has 1 amide bonds. The number of carbonyl (C=O) groups excluding carboxylic acids is 1. The predicted octanol–water partition coefficient (Wildman–Crippen LogP) is 2.54. The zero-order valence-electron chi connectivity index (χ0n) is 12.2. The lowest BCUT2D eigenvalue weighted by atomic mass is 9.95. The predicted molar refractivity (Wildman–Crippen MR) is 76.8 cm³/mol. The highest BCUT2D eigenvalue weighted by Crippen LogP contribution is 2.21. The molecule has 4 nitrogen and oxygen atoms in total. The van der Waals surface area contributed by atoms with E-state index in [1.165, 1.54) is 0 Å². The molecule has 1 heterocycles. The smallest absolute Gasteiger partial charge is 0.225 e. The van der Waals surface area contributed by atoms with Gasteiger partial charge in [-0.2, -0.15) is 5.10 Å². The van der Waals surface area contributed by atoms with E-state index in [0.717, 1.165) is 22.0 Å². The molecule has 0 atom stereocenters. The highest BCUT2D eigenvalue weighted by atomic mass is 16.2. The Balaban J connectivity index is 2.30. The number of nitrogens with zero attached hydrogens (tertiary/aromatic N) is 2. The van der Waals surface area contributed by atoms with E-state index in [-0.39, 0.29) is 11.3 Å². The van der Waals surface area contributed by atoms with Crippen LogP contribution in [0.15, 0.2) is 18.3 Å². The molecule has 0 spiro atoms. The van der Waals surface area contributed by atoms with Gasteiger partial charge in [0.1, 0.15) is 0 Å². The number of aromatic nitrogens is 2. The molecular weight excluding hydrogens is 238 g/mol. The molecule has 0 unspecified atom stereocenters. The zero-order chi connectivity index (χ0) is 14.2. The molecule has 0 aliphatic carbocycles. The first-order valence-electron chi connectivity index (χ1n) is 6.49. The fourth-order valence-electron chi connectivity index (χ4n) is 2.02. The van der Waals surface area contributed by atoms with Crippen LogP contribution in [0.4, 0.5) is 0 Å². The van der Waals surface area contributed by atoms with Gasteiger partial charge in [0.05, 0.1) is 5.52 Å². The van der Waals surface area contributed by atoms with Gasteiger partial charge in [-0.05, 0) is 12.5 Å². The minimum atomic E-state index is -0.369. The van der Waals surface area contributed by atoms with Gasteiger partial charge in [-0.15, -0.1) is 0 Å². The lowest BCUT2D eigenvalue weighted by molar-refractivity contribution is -0.128. The number of benzene rings is 1. The molecule has 0 bridgehead atoms. The molecule has 19 heavy (non-hydrogen) atoms. The zero-order valence-corrected chi connectivity index (χ0v) is 12.2. The van der Waals surface area contributed by atoms with Crippen molar-refractivity contribution in [3.05, 3.63) is 29.5 Å². The van der Waals surface area contributed by atoms with Crippen LogP contribution in [0.2, 0.25) is 0 Å². The van der Waals surface area contributed by atoms with E-state index in [1.54, 1.807) is 4.68 Å². The number of carbonyl (C=O) groups is 1. The Hall–Kier alpha value is -1.84. The monoisotopic (exact) mass is 259 g/mol. The van der Waals surface area contributed by atoms with E-state index in [2.05, 4.69) is 22.5 Å². The van der Waals surface area contributed by atoms with Gasteiger partial charge < -0.3 is 5.32 Å². The molecule has 2 aromatic rings. The second-order valence-corrected chi connectivity index (χ2v) is 6.03. The minimum Gasteiger partial charge on any atom is -0.351 e. The number of nitrogens with one attached hydrogen (secondary N) is 1. The molecule has 0 saturated carbocycles.